The van der Waals surface area contributed by atoms with E-state index in [-0.39, 0.29) is 24.5 Å². The summed E-state index contributed by atoms with van der Waals surface area (Å²) in [6.07, 6.45) is 0.806. The second-order valence-corrected chi connectivity index (χ2v) is 5.93. The van der Waals surface area contributed by atoms with Crippen molar-refractivity contribution in [1.82, 2.24) is 5.32 Å². The van der Waals surface area contributed by atoms with Gasteiger partial charge >= 0.3 is 0 Å². The van der Waals surface area contributed by atoms with Gasteiger partial charge in [0.05, 0.1) is 6.04 Å². The van der Waals surface area contributed by atoms with Crippen LogP contribution in [0.4, 0.5) is 5.69 Å². The van der Waals surface area contributed by atoms with E-state index in [1.165, 1.54) is 12.5 Å². The van der Waals surface area contributed by atoms with Gasteiger partial charge in [0.2, 0.25) is 5.91 Å². The Morgan fingerprint density at radius 3 is 2.24 bits per heavy atom. The van der Waals surface area contributed by atoms with Crippen LogP contribution in [0.2, 0.25) is 0 Å². The van der Waals surface area contributed by atoms with Crippen molar-refractivity contribution in [3.05, 3.63) is 59.7 Å². The van der Waals surface area contributed by atoms with Crippen molar-refractivity contribution in [2.75, 3.05) is 11.9 Å². The van der Waals surface area contributed by atoms with Gasteiger partial charge in [-0.2, -0.15) is 0 Å². The van der Waals surface area contributed by atoms with E-state index in [9.17, 15) is 9.59 Å². The van der Waals surface area contributed by atoms with Crippen molar-refractivity contribution in [1.29, 1.82) is 0 Å². The standard InChI is InChI=1S/C20H24N2O3/c1-4-19(16-7-5-14(2)6-8-16)22-20(24)13-25-18-11-9-17(10-12-18)21-15(3)23/h5-12,19H,4,13H2,1-3H3,(H,21,23)(H,22,24)/t19-/m0/s1. The van der Waals surface area contributed by atoms with E-state index >= 15 is 0 Å². The molecule has 5 nitrogen and oxygen atoms in total. The van der Waals surface area contributed by atoms with Gasteiger partial charge < -0.3 is 15.4 Å². The van der Waals surface area contributed by atoms with Gasteiger partial charge in [0.15, 0.2) is 6.61 Å². The van der Waals surface area contributed by atoms with Gasteiger partial charge in [-0.15, -0.1) is 0 Å². The van der Waals surface area contributed by atoms with Gasteiger partial charge in [0.1, 0.15) is 5.75 Å². The lowest BCUT2D eigenvalue weighted by molar-refractivity contribution is -0.123. The zero-order chi connectivity index (χ0) is 18.2. The van der Waals surface area contributed by atoms with Crippen molar-refractivity contribution in [3.8, 4) is 5.75 Å². The number of hydrogen-bond acceptors (Lipinski definition) is 3. The Labute approximate surface area is 148 Å². The maximum Gasteiger partial charge on any atom is 0.258 e. The lowest BCUT2D eigenvalue weighted by Crippen LogP contribution is -2.32. The summed E-state index contributed by atoms with van der Waals surface area (Å²) in [5.41, 5.74) is 2.96. The van der Waals surface area contributed by atoms with E-state index < -0.39 is 0 Å². The van der Waals surface area contributed by atoms with Crippen LogP contribution in [0, 0.1) is 6.92 Å². The minimum atomic E-state index is -0.168. The third-order valence-corrected chi connectivity index (χ3v) is 3.77. The van der Waals surface area contributed by atoms with Gasteiger partial charge in [-0.1, -0.05) is 36.8 Å². The molecule has 0 aliphatic heterocycles. The summed E-state index contributed by atoms with van der Waals surface area (Å²) in [6, 6.07) is 15.0. The lowest BCUT2D eigenvalue weighted by Gasteiger charge is -2.18. The fourth-order valence-electron chi connectivity index (χ4n) is 2.44. The molecule has 0 radical (unpaired) electrons. The molecule has 2 rings (SSSR count). The topological polar surface area (TPSA) is 67.4 Å². The molecule has 0 spiro atoms. The number of rotatable bonds is 7. The van der Waals surface area contributed by atoms with Gasteiger partial charge in [0.25, 0.3) is 5.91 Å². The van der Waals surface area contributed by atoms with E-state index in [0.717, 1.165) is 12.0 Å². The molecule has 2 amide bonds. The summed E-state index contributed by atoms with van der Waals surface area (Å²) in [5.74, 6) is 0.278. The van der Waals surface area contributed by atoms with Gasteiger partial charge in [-0.3, -0.25) is 9.59 Å². The van der Waals surface area contributed by atoms with E-state index in [0.29, 0.717) is 11.4 Å². The summed E-state index contributed by atoms with van der Waals surface area (Å²) in [4.78, 5) is 23.1. The third-order valence-electron chi connectivity index (χ3n) is 3.77. The molecule has 0 saturated carbocycles. The molecule has 25 heavy (non-hydrogen) atoms. The van der Waals surface area contributed by atoms with Crippen molar-refractivity contribution in [2.24, 2.45) is 0 Å². The molecule has 0 saturated heterocycles. The van der Waals surface area contributed by atoms with Crippen LogP contribution in [0.1, 0.15) is 37.4 Å². The van der Waals surface area contributed by atoms with Gasteiger partial charge in [0, 0.05) is 12.6 Å². The molecular formula is C20H24N2O3. The fourth-order valence-corrected chi connectivity index (χ4v) is 2.44. The first-order chi connectivity index (χ1) is 12.0. The van der Waals surface area contributed by atoms with Crippen LogP contribution >= 0.6 is 0 Å². The average molecular weight is 340 g/mol. The van der Waals surface area contributed by atoms with E-state index in [4.69, 9.17) is 4.74 Å². The van der Waals surface area contributed by atoms with Crippen molar-refractivity contribution in [2.45, 2.75) is 33.2 Å². The first kappa shape index (κ1) is 18.5. The summed E-state index contributed by atoms with van der Waals surface area (Å²) >= 11 is 0. The van der Waals surface area contributed by atoms with Crippen LogP contribution in [-0.4, -0.2) is 18.4 Å². The summed E-state index contributed by atoms with van der Waals surface area (Å²) in [7, 11) is 0. The van der Waals surface area contributed by atoms with Gasteiger partial charge in [-0.05, 0) is 43.2 Å². The Balaban J connectivity index is 1.86. The predicted octanol–water partition coefficient (Wildman–Crippen LogP) is 3.60. The minimum Gasteiger partial charge on any atom is -0.484 e. The number of carbonyl (C=O) groups is 2. The van der Waals surface area contributed by atoms with Gasteiger partial charge in [-0.25, -0.2) is 0 Å². The zero-order valence-electron chi connectivity index (χ0n) is 14.8. The zero-order valence-corrected chi connectivity index (χ0v) is 14.8. The molecule has 0 heterocycles. The Morgan fingerprint density at radius 1 is 1.04 bits per heavy atom. The maximum atomic E-state index is 12.1. The molecule has 0 aliphatic carbocycles. The number of benzene rings is 2. The predicted molar refractivity (Wildman–Crippen MR) is 98.6 cm³/mol. The quantitative estimate of drug-likeness (QED) is 0.809. The molecule has 0 unspecified atom stereocenters. The van der Waals surface area contributed by atoms with Crippen LogP contribution in [0.15, 0.2) is 48.5 Å². The number of amides is 2. The second-order valence-electron chi connectivity index (χ2n) is 5.93. The number of ether oxygens (including phenoxy) is 1. The molecule has 0 bridgehead atoms. The second kappa shape index (κ2) is 8.87. The number of carbonyl (C=O) groups excluding carboxylic acids is 2. The monoisotopic (exact) mass is 340 g/mol. The van der Waals surface area contributed by atoms with Crippen LogP contribution in [0.25, 0.3) is 0 Å². The third kappa shape index (κ3) is 5.95. The maximum absolute atomic E-state index is 12.1. The molecule has 132 valence electrons. The van der Waals surface area contributed by atoms with Crippen molar-refractivity contribution in [3.63, 3.8) is 0 Å². The number of anilines is 1. The van der Waals surface area contributed by atoms with Crippen LogP contribution in [0.5, 0.6) is 5.75 Å². The van der Waals surface area contributed by atoms with Crippen LogP contribution < -0.4 is 15.4 Å². The van der Waals surface area contributed by atoms with E-state index in [1.807, 2.05) is 38.1 Å². The first-order valence-corrected chi connectivity index (χ1v) is 8.34. The molecular weight excluding hydrogens is 316 g/mol. The minimum absolute atomic E-state index is 0.0288. The molecule has 2 N–H and O–H groups in total. The van der Waals surface area contributed by atoms with E-state index in [1.54, 1.807) is 24.3 Å². The Hall–Kier alpha value is -2.82. The molecule has 0 fully saturated rings. The van der Waals surface area contributed by atoms with Crippen LogP contribution in [-0.2, 0) is 9.59 Å². The normalized spacial score (nSPS) is 11.5. The fraction of sp³-hybridized carbons (Fsp3) is 0.300. The Bertz CT molecular complexity index is 709. The number of hydrogen-bond donors (Lipinski definition) is 2. The average Bonchev–Trinajstić information content (AvgIpc) is 2.59. The highest BCUT2D eigenvalue weighted by Gasteiger charge is 2.13. The van der Waals surface area contributed by atoms with E-state index in [2.05, 4.69) is 10.6 Å². The largest absolute Gasteiger partial charge is 0.484 e. The summed E-state index contributed by atoms with van der Waals surface area (Å²) in [6.45, 7) is 5.47. The summed E-state index contributed by atoms with van der Waals surface area (Å²) in [5, 5.41) is 5.67. The Morgan fingerprint density at radius 2 is 1.68 bits per heavy atom. The molecule has 0 aromatic heterocycles. The van der Waals surface area contributed by atoms with Crippen LogP contribution in [0.3, 0.4) is 0 Å². The number of nitrogens with one attached hydrogen (secondary N) is 2. The smallest absolute Gasteiger partial charge is 0.258 e. The molecule has 0 aliphatic rings. The Kier molecular flexibility index (Phi) is 6.57. The highest BCUT2D eigenvalue weighted by atomic mass is 16.5. The molecule has 1 atom stereocenters. The first-order valence-electron chi connectivity index (χ1n) is 8.34. The lowest BCUT2D eigenvalue weighted by atomic mass is 10.0. The summed E-state index contributed by atoms with van der Waals surface area (Å²) < 4.78 is 5.50. The highest BCUT2D eigenvalue weighted by Crippen LogP contribution is 2.18. The SMILES string of the molecule is CC[C@H](NC(=O)COc1ccc(NC(C)=O)cc1)c1ccc(C)cc1. The number of aryl methyl sites for hydroxylation is 1. The van der Waals surface area contributed by atoms with Crippen molar-refractivity contribution < 1.29 is 14.3 Å². The molecule has 2 aromatic rings. The molecule has 5 heteroatoms. The van der Waals surface area contributed by atoms with Crippen molar-refractivity contribution >= 4 is 17.5 Å². The molecule has 2 aromatic carbocycles. The highest BCUT2D eigenvalue weighted by molar-refractivity contribution is 5.88.